The Morgan fingerprint density at radius 1 is 0.426 bits per heavy atom. The topological polar surface area (TPSA) is 226 Å². The van der Waals surface area contributed by atoms with Crippen LogP contribution >= 0.6 is 0 Å². The first-order valence-corrected chi connectivity index (χ1v) is 30.8. The highest BCUT2D eigenvalue weighted by molar-refractivity contribution is 5.81. The SMILES string of the molecule is C=CC(=O)OCC[N+](C)(C)C.CN1CN(C)CN(c2ccc(CN(CCC(=O)OCC[N+](C)(C)C)CCC(=O)OCC[N+](C)(C)C)cc2)C1.C[N+](C)(C)CCOC(=O)CCN(CCC(=O)OCC[N+](C)(C)C)Cc1ccc(N)cc1.NCc1ccc(N)cc1.[Cl-].[Cl-].[Cl-].[Cl-].[Cl-]. The van der Waals surface area contributed by atoms with Gasteiger partial charge in [0.15, 0.2) is 0 Å². The average molecular weight is 1430 g/mol. The minimum atomic E-state index is -0.349. The minimum absolute atomic E-state index is 0. The van der Waals surface area contributed by atoms with Gasteiger partial charge in [-0.05, 0) is 67.2 Å². The summed E-state index contributed by atoms with van der Waals surface area (Å²) in [5.41, 5.74) is 22.6. The van der Waals surface area contributed by atoms with Crippen LogP contribution in [-0.4, -0.2) is 304 Å². The molecule has 544 valence electrons. The normalized spacial score (nSPS) is 12.5. The standard InChI is InChI=1S/C28H52N6O4.C23H42N4O4.C8H16NO2.C7H10N2.5ClH/c1-29-22-30(2)24-32(23-29)26-11-9-25(10-12-26)21-31(15-13-27(35)37-19-17-33(3,4)5)16-14-28(36)38-20-18-34(6,7)8;1-26(2,3)15-17-30-22(28)11-13-25(19-20-7-9-21(24)10-8-20)14-12-23(29)31-18-16-27(4,5)6;1-5-8(10)11-7-6-9(2,3)4;8-5-6-1-3-7(9)4-2-6;;;;;/h9-12H,13-24H2,1-8H3;7-10H,11-19,24H2,1-6H3;5H,1,6-7H2,2-4H3;1-4H,5,8-9H2;5*1H/q2*+2;+1;;;;;;/p-5. The maximum Gasteiger partial charge on any atom is 0.330 e. The van der Waals surface area contributed by atoms with E-state index in [0.29, 0.717) is 84.5 Å². The molecule has 94 heavy (non-hydrogen) atoms. The van der Waals surface area contributed by atoms with Gasteiger partial charge in [-0.2, -0.15) is 0 Å². The second-order valence-electron chi connectivity index (χ2n) is 27.9. The fourth-order valence-corrected chi connectivity index (χ4v) is 7.94. The Kier molecular flexibility index (Phi) is 52.6. The summed E-state index contributed by atoms with van der Waals surface area (Å²) < 4.78 is 30.2. The number of nitrogens with zero attached hydrogens (tertiary/aromatic N) is 10. The van der Waals surface area contributed by atoms with Crippen LogP contribution in [0.1, 0.15) is 42.4 Å². The van der Waals surface area contributed by atoms with Gasteiger partial charge in [0, 0.05) is 69.0 Å². The number of nitrogens with two attached hydrogens (primary N) is 3. The molecule has 1 aliphatic heterocycles. The highest BCUT2D eigenvalue weighted by Gasteiger charge is 2.21. The largest absolute Gasteiger partial charge is 1.00 e. The average Bonchev–Trinajstić information content (AvgIpc) is 0.854. The molecular formula is C66H120Cl5N13O10. The van der Waals surface area contributed by atoms with Crippen LogP contribution in [0.3, 0.4) is 0 Å². The van der Waals surface area contributed by atoms with Gasteiger partial charge in [-0.1, -0.05) is 43.0 Å². The van der Waals surface area contributed by atoms with Gasteiger partial charge >= 0.3 is 29.8 Å². The second-order valence-corrected chi connectivity index (χ2v) is 27.9. The Bertz CT molecular complexity index is 2430. The van der Waals surface area contributed by atoms with Gasteiger partial charge in [-0.3, -0.25) is 38.8 Å². The van der Waals surface area contributed by atoms with Crippen molar-refractivity contribution in [2.45, 2.75) is 45.3 Å². The van der Waals surface area contributed by atoms with E-state index in [0.717, 1.165) is 97.5 Å². The van der Waals surface area contributed by atoms with Crippen LogP contribution in [0, 0.1) is 0 Å². The molecule has 23 nitrogen and oxygen atoms in total. The number of halogens is 5. The van der Waals surface area contributed by atoms with Gasteiger partial charge in [-0.15, -0.1) is 0 Å². The molecule has 6 N–H and O–H groups in total. The summed E-state index contributed by atoms with van der Waals surface area (Å²) in [6.07, 6.45) is 2.32. The molecule has 0 amide bonds. The first kappa shape index (κ1) is 97.9. The maximum atomic E-state index is 12.4. The van der Waals surface area contributed by atoms with E-state index in [1.807, 2.05) is 69.7 Å². The summed E-state index contributed by atoms with van der Waals surface area (Å²) in [6.45, 7) is 15.9. The molecular weight excluding hydrogens is 1310 g/mol. The molecule has 1 aliphatic rings. The maximum absolute atomic E-state index is 12.4. The van der Waals surface area contributed by atoms with E-state index in [1.165, 1.54) is 11.8 Å². The number of likely N-dealkylation sites (N-methyl/N-ethyl adjacent to an activating group) is 5. The Morgan fingerprint density at radius 3 is 0.936 bits per heavy atom. The lowest BCUT2D eigenvalue weighted by Gasteiger charge is -2.40. The number of nitrogen functional groups attached to an aromatic ring is 2. The molecule has 0 spiro atoms. The van der Waals surface area contributed by atoms with E-state index in [4.69, 9.17) is 40.9 Å². The molecule has 0 unspecified atom stereocenters. The van der Waals surface area contributed by atoms with Crippen molar-refractivity contribution in [3.05, 3.63) is 102 Å². The summed E-state index contributed by atoms with van der Waals surface area (Å²) in [5, 5.41) is 0. The number of esters is 5. The van der Waals surface area contributed by atoms with Crippen molar-refractivity contribution in [3.63, 3.8) is 0 Å². The highest BCUT2D eigenvalue weighted by Crippen LogP contribution is 2.20. The summed E-state index contributed by atoms with van der Waals surface area (Å²) in [4.78, 5) is 70.7. The van der Waals surface area contributed by atoms with E-state index in [9.17, 15) is 24.0 Å². The van der Waals surface area contributed by atoms with Crippen molar-refractivity contribution in [1.82, 2.24) is 19.6 Å². The molecule has 0 aliphatic carbocycles. The third-order valence-corrected chi connectivity index (χ3v) is 13.4. The summed E-state index contributed by atoms with van der Waals surface area (Å²) in [6, 6.07) is 23.7. The molecule has 1 saturated heterocycles. The van der Waals surface area contributed by atoms with Crippen molar-refractivity contribution in [2.24, 2.45) is 5.73 Å². The molecule has 0 bridgehead atoms. The first-order valence-electron chi connectivity index (χ1n) is 30.8. The van der Waals surface area contributed by atoms with Crippen molar-refractivity contribution in [3.8, 4) is 0 Å². The molecule has 28 heteroatoms. The van der Waals surface area contributed by atoms with Gasteiger partial charge in [0.2, 0.25) is 0 Å². The van der Waals surface area contributed by atoms with Crippen LogP contribution in [-0.2, 0) is 67.3 Å². The van der Waals surface area contributed by atoms with Crippen LogP contribution in [0.2, 0.25) is 0 Å². The molecule has 1 fully saturated rings. The van der Waals surface area contributed by atoms with Gasteiger partial charge in [0.25, 0.3) is 0 Å². The number of ether oxygens (including phenoxy) is 5. The number of carbonyl (C=O) groups excluding carboxylic acids is 5. The van der Waals surface area contributed by atoms with Crippen molar-refractivity contribution >= 4 is 46.9 Å². The predicted molar refractivity (Wildman–Crippen MR) is 357 cm³/mol. The number of benzene rings is 3. The summed E-state index contributed by atoms with van der Waals surface area (Å²) >= 11 is 0. The number of quaternary nitrogens is 5. The monoisotopic (exact) mass is 1430 g/mol. The van der Waals surface area contributed by atoms with Crippen LogP contribution in [0.15, 0.2) is 85.5 Å². The third-order valence-electron chi connectivity index (χ3n) is 13.4. The third kappa shape index (κ3) is 55.3. The van der Waals surface area contributed by atoms with Gasteiger partial charge in [0.1, 0.15) is 65.8 Å². The smallest absolute Gasteiger partial charge is 0.330 e. The fourth-order valence-electron chi connectivity index (χ4n) is 7.94. The van der Waals surface area contributed by atoms with Gasteiger partial charge in [-0.25, -0.2) is 4.79 Å². The highest BCUT2D eigenvalue weighted by atomic mass is 35.5. The van der Waals surface area contributed by atoms with Crippen LogP contribution in [0.5, 0.6) is 0 Å². The molecule has 1 heterocycles. The molecule has 3 aromatic rings. The zero-order valence-electron chi connectivity index (χ0n) is 59.9. The number of carbonyl (C=O) groups is 5. The predicted octanol–water partition coefficient (Wildman–Crippen LogP) is -11.2. The molecule has 0 radical (unpaired) electrons. The number of hydrogen-bond donors (Lipinski definition) is 3. The Balaban J connectivity index is -0.000000420. The number of anilines is 3. The van der Waals surface area contributed by atoms with E-state index >= 15 is 0 Å². The molecule has 4 rings (SSSR count). The zero-order valence-corrected chi connectivity index (χ0v) is 63.6. The quantitative estimate of drug-likeness (QED) is 0.0166. The zero-order chi connectivity index (χ0) is 67.4. The minimum Gasteiger partial charge on any atom is -1.00 e. The van der Waals surface area contributed by atoms with Gasteiger partial charge in [0.05, 0.1) is 151 Å². The lowest BCUT2D eigenvalue weighted by atomic mass is 10.1. The lowest BCUT2D eigenvalue weighted by Crippen LogP contribution is -3.00. The molecule has 3 aromatic carbocycles. The van der Waals surface area contributed by atoms with Crippen LogP contribution < -0.4 is 84.1 Å². The molecule has 0 saturated carbocycles. The van der Waals surface area contributed by atoms with Crippen LogP contribution in [0.25, 0.3) is 0 Å². The van der Waals surface area contributed by atoms with Crippen molar-refractivity contribution in [1.29, 1.82) is 0 Å². The van der Waals surface area contributed by atoms with E-state index < -0.39 is 0 Å². The molecule has 0 atom stereocenters. The lowest BCUT2D eigenvalue weighted by molar-refractivity contribution is -0.870. The fraction of sp³-hybridized carbons (Fsp3) is 0.621. The summed E-state index contributed by atoms with van der Waals surface area (Å²) in [7, 11) is 35.1. The Hall–Kier alpha value is -4.80. The van der Waals surface area contributed by atoms with Crippen molar-refractivity contribution in [2.75, 3.05) is 248 Å². The van der Waals surface area contributed by atoms with E-state index in [1.54, 1.807) is 0 Å². The Labute approximate surface area is 596 Å². The summed E-state index contributed by atoms with van der Waals surface area (Å²) in [5.74, 6) is -1.20. The Morgan fingerprint density at radius 2 is 0.681 bits per heavy atom. The number of rotatable bonds is 34. The first-order chi connectivity index (χ1) is 41.3. The molecule has 0 aromatic heterocycles. The van der Waals surface area contributed by atoms with Crippen LogP contribution in [0.4, 0.5) is 17.1 Å². The second kappa shape index (κ2) is 50.5. The van der Waals surface area contributed by atoms with E-state index in [-0.39, 0.29) is 118 Å². The number of hydrogen-bond acceptors (Lipinski definition) is 18. The van der Waals surface area contributed by atoms with Crippen molar-refractivity contribution < 1.29 is 132 Å². The van der Waals surface area contributed by atoms with Gasteiger partial charge < -0.3 is 130 Å². The van der Waals surface area contributed by atoms with E-state index in [2.05, 4.69) is 154 Å².